The summed E-state index contributed by atoms with van der Waals surface area (Å²) in [4.78, 5) is 38.9. The minimum Gasteiger partial charge on any atom is -0.473 e. The molecule has 4 rings (SSSR count). The maximum atomic E-state index is 13.2. The highest BCUT2D eigenvalue weighted by atomic mass is 32.2. The summed E-state index contributed by atoms with van der Waals surface area (Å²) in [5, 5.41) is 16.8. The van der Waals surface area contributed by atoms with Crippen LogP contribution in [0.25, 0.3) is 6.08 Å². The zero-order valence-corrected chi connectivity index (χ0v) is 22.6. The minimum absolute atomic E-state index is 0.0397. The van der Waals surface area contributed by atoms with Gasteiger partial charge in [-0.2, -0.15) is 0 Å². The van der Waals surface area contributed by atoms with Crippen molar-refractivity contribution in [2.24, 2.45) is 0 Å². The van der Waals surface area contributed by atoms with Gasteiger partial charge < -0.3 is 15.1 Å². The molecule has 2 aromatic rings. The summed E-state index contributed by atoms with van der Waals surface area (Å²) < 4.78 is 24.0. The number of carboxylic acids is 2. The second kappa shape index (κ2) is 14.2. The Morgan fingerprint density at radius 1 is 0.974 bits per heavy atom. The van der Waals surface area contributed by atoms with Crippen molar-refractivity contribution in [3.05, 3.63) is 64.4 Å². The standard InChI is InChI=1S/C24H31N3O3S2.C2H2O4/c28-24(27(18-23-9-5-16-31-23)22-10-17-32(29,30)20-22)19-26-14-12-25(13-15-26)11-4-8-21-6-2-1-3-7-21;3-1(4)2(5)6/h1-9,16,22H,10-15,17-20H2;(H,3,4)(H,5,6). The third kappa shape index (κ3) is 9.67. The van der Waals surface area contributed by atoms with Crippen LogP contribution in [0.2, 0.25) is 0 Å². The van der Waals surface area contributed by atoms with E-state index in [0.717, 1.165) is 37.6 Å². The number of amides is 1. The van der Waals surface area contributed by atoms with Gasteiger partial charge in [0.25, 0.3) is 0 Å². The molecule has 1 amide bonds. The van der Waals surface area contributed by atoms with Crippen LogP contribution in [0.15, 0.2) is 53.9 Å². The summed E-state index contributed by atoms with van der Waals surface area (Å²) in [5.41, 5.74) is 1.21. The van der Waals surface area contributed by atoms with E-state index in [2.05, 4.69) is 34.1 Å². The number of piperazine rings is 1. The number of benzene rings is 1. The van der Waals surface area contributed by atoms with Crippen LogP contribution in [0.4, 0.5) is 0 Å². The summed E-state index contributed by atoms with van der Waals surface area (Å²) in [5.74, 6) is -3.34. The first-order chi connectivity index (χ1) is 18.1. The van der Waals surface area contributed by atoms with Crippen molar-refractivity contribution in [3.63, 3.8) is 0 Å². The first-order valence-corrected chi connectivity index (χ1v) is 15.0. The van der Waals surface area contributed by atoms with Crippen LogP contribution < -0.4 is 0 Å². The van der Waals surface area contributed by atoms with E-state index in [1.807, 2.05) is 40.6 Å². The molecule has 0 spiro atoms. The molecule has 3 heterocycles. The van der Waals surface area contributed by atoms with E-state index in [1.54, 1.807) is 11.3 Å². The van der Waals surface area contributed by atoms with Gasteiger partial charge in [-0.05, 0) is 23.4 Å². The summed E-state index contributed by atoms with van der Waals surface area (Å²) in [6.45, 7) is 5.31. The molecule has 0 saturated carbocycles. The minimum atomic E-state index is -3.04. The van der Waals surface area contributed by atoms with Crippen molar-refractivity contribution in [3.8, 4) is 0 Å². The third-order valence-electron chi connectivity index (χ3n) is 6.36. The molecular weight excluding hydrogens is 530 g/mol. The van der Waals surface area contributed by atoms with E-state index in [9.17, 15) is 13.2 Å². The predicted octanol–water partition coefficient (Wildman–Crippen LogP) is 1.75. The molecule has 1 unspecified atom stereocenters. The number of aliphatic carboxylic acids is 2. The fourth-order valence-electron chi connectivity index (χ4n) is 4.33. The first kappa shape index (κ1) is 29.5. The van der Waals surface area contributed by atoms with Crippen LogP contribution >= 0.6 is 11.3 Å². The number of hydrogen-bond acceptors (Lipinski definition) is 8. The Morgan fingerprint density at radius 2 is 1.63 bits per heavy atom. The van der Waals surface area contributed by atoms with Crippen LogP contribution in [0.1, 0.15) is 16.9 Å². The van der Waals surface area contributed by atoms with Crippen LogP contribution in [0.5, 0.6) is 0 Å². The average Bonchev–Trinajstić information content (AvgIpc) is 3.53. The van der Waals surface area contributed by atoms with Gasteiger partial charge in [0.05, 0.1) is 24.6 Å². The highest BCUT2D eigenvalue weighted by Gasteiger charge is 2.35. The number of carbonyl (C=O) groups excluding carboxylic acids is 1. The molecule has 1 aromatic heterocycles. The number of rotatable bonds is 8. The Kier molecular flexibility index (Phi) is 11.0. The number of hydrogen-bond donors (Lipinski definition) is 2. The van der Waals surface area contributed by atoms with Gasteiger partial charge in [0, 0.05) is 43.6 Å². The molecule has 0 bridgehead atoms. The number of nitrogens with zero attached hydrogens (tertiary/aromatic N) is 3. The fraction of sp³-hybridized carbons (Fsp3) is 0.423. The van der Waals surface area contributed by atoms with Gasteiger partial charge in [0.2, 0.25) is 5.91 Å². The average molecular weight is 564 g/mol. The highest BCUT2D eigenvalue weighted by Crippen LogP contribution is 2.22. The quantitative estimate of drug-likeness (QED) is 0.461. The van der Waals surface area contributed by atoms with Gasteiger partial charge in [0.15, 0.2) is 9.84 Å². The van der Waals surface area contributed by atoms with E-state index in [4.69, 9.17) is 19.8 Å². The first-order valence-electron chi connectivity index (χ1n) is 12.3. The molecular formula is C26H33N3O7S2. The van der Waals surface area contributed by atoms with E-state index in [0.29, 0.717) is 19.5 Å². The predicted molar refractivity (Wildman–Crippen MR) is 146 cm³/mol. The molecule has 12 heteroatoms. The molecule has 1 aromatic carbocycles. The zero-order chi connectivity index (χ0) is 27.5. The monoisotopic (exact) mass is 563 g/mol. The second-order valence-corrected chi connectivity index (χ2v) is 12.4. The molecule has 2 aliphatic heterocycles. The number of carboxylic acid groups (broad SMARTS) is 2. The molecule has 2 N–H and O–H groups in total. The van der Waals surface area contributed by atoms with Crippen LogP contribution in [0, 0.1) is 0 Å². The van der Waals surface area contributed by atoms with Gasteiger partial charge in [-0.1, -0.05) is 48.6 Å². The fourth-order valence-corrected chi connectivity index (χ4v) is 6.76. The van der Waals surface area contributed by atoms with Gasteiger partial charge in [-0.3, -0.25) is 14.6 Å². The lowest BCUT2D eigenvalue weighted by molar-refractivity contribution is -0.159. The molecule has 2 aliphatic rings. The van der Waals surface area contributed by atoms with Gasteiger partial charge in [-0.15, -0.1) is 11.3 Å². The van der Waals surface area contributed by atoms with Crippen molar-refractivity contribution in [1.82, 2.24) is 14.7 Å². The smallest absolute Gasteiger partial charge is 0.414 e. The van der Waals surface area contributed by atoms with Crippen molar-refractivity contribution in [1.29, 1.82) is 0 Å². The van der Waals surface area contributed by atoms with Gasteiger partial charge in [-0.25, -0.2) is 18.0 Å². The van der Waals surface area contributed by atoms with E-state index in [-0.39, 0.29) is 23.5 Å². The Bertz CT molecular complexity index is 1180. The lowest BCUT2D eigenvalue weighted by Crippen LogP contribution is -2.51. The van der Waals surface area contributed by atoms with E-state index < -0.39 is 21.8 Å². The summed E-state index contributed by atoms with van der Waals surface area (Å²) in [6.07, 6.45) is 4.88. The molecule has 2 saturated heterocycles. The van der Waals surface area contributed by atoms with Crippen molar-refractivity contribution >= 4 is 45.1 Å². The van der Waals surface area contributed by atoms with Gasteiger partial charge >= 0.3 is 11.9 Å². The number of thiophene rings is 1. The Labute approximate surface area is 226 Å². The molecule has 0 radical (unpaired) electrons. The maximum Gasteiger partial charge on any atom is 0.414 e. The summed E-state index contributed by atoms with van der Waals surface area (Å²) in [6, 6.07) is 14.1. The normalized spacial score (nSPS) is 19.5. The number of sulfone groups is 1. The molecule has 10 nitrogen and oxygen atoms in total. The van der Waals surface area contributed by atoms with Crippen molar-refractivity contribution in [2.45, 2.75) is 19.0 Å². The molecule has 206 valence electrons. The molecule has 0 aliphatic carbocycles. The maximum absolute atomic E-state index is 13.2. The SMILES string of the molecule is O=C(CN1CCN(CC=Cc2ccccc2)CC1)N(Cc1cccs1)C1CCS(=O)(=O)C1.O=C(O)C(=O)O. The van der Waals surface area contributed by atoms with Crippen LogP contribution in [-0.4, -0.2) is 108 Å². The van der Waals surface area contributed by atoms with Crippen molar-refractivity contribution < 1.29 is 33.0 Å². The van der Waals surface area contributed by atoms with Gasteiger partial charge in [0.1, 0.15) is 0 Å². The Hall–Kier alpha value is -3.06. The highest BCUT2D eigenvalue weighted by molar-refractivity contribution is 7.91. The van der Waals surface area contributed by atoms with Crippen molar-refractivity contribution in [2.75, 3.05) is 50.8 Å². The number of carbonyl (C=O) groups is 3. The lowest BCUT2D eigenvalue weighted by Gasteiger charge is -2.36. The van der Waals surface area contributed by atoms with Crippen LogP contribution in [0.3, 0.4) is 0 Å². The van der Waals surface area contributed by atoms with E-state index in [1.165, 1.54) is 5.56 Å². The largest absolute Gasteiger partial charge is 0.473 e. The van der Waals surface area contributed by atoms with Crippen LogP contribution in [-0.2, 0) is 30.8 Å². The third-order valence-corrected chi connectivity index (χ3v) is 8.97. The lowest BCUT2D eigenvalue weighted by atomic mass is 10.2. The topological polar surface area (TPSA) is 136 Å². The Balaban J connectivity index is 0.000000599. The Morgan fingerprint density at radius 3 is 2.18 bits per heavy atom. The molecule has 2 fully saturated rings. The zero-order valence-electron chi connectivity index (χ0n) is 21.0. The summed E-state index contributed by atoms with van der Waals surface area (Å²) >= 11 is 1.61. The second-order valence-electron chi connectivity index (χ2n) is 9.16. The molecule has 1 atom stereocenters. The summed E-state index contributed by atoms with van der Waals surface area (Å²) in [7, 11) is -3.04. The van der Waals surface area contributed by atoms with E-state index >= 15 is 0 Å². The molecule has 38 heavy (non-hydrogen) atoms.